The molecule has 1 aliphatic heterocycles. The molecule has 0 aromatic heterocycles. The van der Waals surface area contributed by atoms with E-state index < -0.39 is 0 Å². The van der Waals surface area contributed by atoms with Crippen molar-refractivity contribution in [1.29, 1.82) is 0 Å². The molecule has 2 aromatic carbocycles. The van der Waals surface area contributed by atoms with E-state index >= 15 is 0 Å². The number of anilines is 1. The van der Waals surface area contributed by atoms with E-state index in [0.717, 1.165) is 29.1 Å². The molecular weight excluding hydrogens is 282 g/mol. The van der Waals surface area contributed by atoms with Gasteiger partial charge in [-0.15, -0.1) is 0 Å². The first-order valence-corrected chi connectivity index (χ1v) is 7.86. The number of nitrogens with one attached hydrogen (secondary N) is 1. The number of ether oxygens (including phenoxy) is 1. The summed E-state index contributed by atoms with van der Waals surface area (Å²) in [7, 11) is 0. The van der Waals surface area contributed by atoms with Crippen molar-refractivity contribution in [2.45, 2.75) is 38.5 Å². The van der Waals surface area contributed by atoms with E-state index in [9.17, 15) is 0 Å². The third kappa shape index (κ3) is 2.43. The van der Waals surface area contributed by atoms with Crippen LogP contribution in [0.5, 0.6) is 0 Å². The fraction of sp³-hybridized carbons (Fsp3) is 0.333. The van der Waals surface area contributed by atoms with Gasteiger partial charge in [0.1, 0.15) is 0 Å². The predicted molar refractivity (Wildman–Crippen MR) is 87.6 cm³/mol. The van der Waals surface area contributed by atoms with Crippen LogP contribution in [0.1, 0.15) is 44.0 Å². The highest BCUT2D eigenvalue weighted by atomic mass is 35.5. The van der Waals surface area contributed by atoms with Crippen molar-refractivity contribution in [3.05, 3.63) is 64.7 Å². The lowest BCUT2D eigenvalue weighted by Crippen LogP contribution is -2.38. The zero-order valence-corrected chi connectivity index (χ0v) is 13.2. The topological polar surface area (TPSA) is 21.3 Å². The standard InChI is InChI=1S/C18H20ClNO/c1-3-18(4-2)14-10-6-8-12-16(14)20-17(21-18)13-9-5-7-11-15(13)19/h5-12,17,20H,3-4H2,1-2H3/t17-/m1/s1. The molecule has 0 radical (unpaired) electrons. The van der Waals surface area contributed by atoms with Crippen LogP contribution in [0.25, 0.3) is 0 Å². The Labute approximate surface area is 131 Å². The SMILES string of the molecule is CCC1(CC)O[C@H](c2ccccc2Cl)Nc2ccccc21. The average Bonchev–Trinajstić information content (AvgIpc) is 2.54. The molecule has 0 aliphatic carbocycles. The van der Waals surface area contributed by atoms with Gasteiger partial charge in [0.05, 0.1) is 5.60 Å². The molecule has 21 heavy (non-hydrogen) atoms. The Bertz CT molecular complexity index is 637. The highest BCUT2D eigenvalue weighted by Crippen LogP contribution is 2.46. The van der Waals surface area contributed by atoms with Crippen molar-refractivity contribution >= 4 is 17.3 Å². The van der Waals surface area contributed by atoms with Crippen molar-refractivity contribution in [2.24, 2.45) is 0 Å². The van der Waals surface area contributed by atoms with Crippen LogP contribution in [0.2, 0.25) is 5.02 Å². The van der Waals surface area contributed by atoms with Gasteiger partial charge in [0.2, 0.25) is 0 Å². The van der Waals surface area contributed by atoms with Crippen LogP contribution in [-0.2, 0) is 10.3 Å². The number of benzene rings is 2. The van der Waals surface area contributed by atoms with E-state index in [2.05, 4.69) is 43.4 Å². The summed E-state index contributed by atoms with van der Waals surface area (Å²) in [6, 6.07) is 16.2. The number of halogens is 1. The minimum absolute atomic E-state index is 0.214. The maximum atomic E-state index is 6.47. The molecule has 1 aliphatic rings. The van der Waals surface area contributed by atoms with Crippen LogP contribution in [0.3, 0.4) is 0 Å². The second-order valence-corrected chi connectivity index (χ2v) is 5.82. The monoisotopic (exact) mass is 301 g/mol. The minimum atomic E-state index is -0.258. The van der Waals surface area contributed by atoms with Crippen molar-refractivity contribution in [3.8, 4) is 0 Å². The van der Waals surface area contributed by atoms with Crippen molar-refractivity contribution in [1.82, 2.24) is 0 Å². The molecule has 1 atom stereocenters. The molecule has 0 unspecified atom stereocenters. The zero-order chi connectivity index (χ0) is 14.9. The van der Waals surface area contributed by atoms with Crippen LogP contribution in [0.4, 0.5) is 5.69 Å². The second-order valence-electron chi connectivity index (χ2n) is 5.41. The molecule has 1 N–H and O–H groups in total. The third-order valence-electron chi connectivity index (χ3n) is 4.38. The quantitative estimate of drug-likeness (QED) is 0.808. The largest absolute Gasteiger partial charge is 0.356 e. The van der Waals surface area contributed by atoms with Gasteiger partial charge >= 0.3 is 0 Å². The predicted octanol–water partition coefficient (Wildman–Crippen LogP) is 5.50. The van der Waals surface area contributed by atoms with E-state index in [1.54, 1.807) is 0 Å². The Hall–Kier alpha value is -1.51. The number of hydrogen-bond donors (Lipinski definition) is 1. The summed E-state index contributed by atoms with van der Waals surface area (Å²) in [5, 5.41) is 4.20. The Morgan fingerprint density at radius 3 is 2.43 bits per heavy atom. The van der Waals surface area contributed by atoms with E-state index in [4.69, 9.17) is 16.3 Å². The first-order chi connectivity index (χ1) is 10.2. The number of fused-ring (bicyclic) bond motifs is 1. The van der Waals surface area contributed by atoms with Crippen LogP contribution >= 0.6 is 11.6 Å². The number of hydrogen-bond acceptors (Lipinski definition) is 2. The molecule has 0 spiro atoms. The van der Waals surface area contributed by atoms with Crippen LogP contribution in [0, 0.1) is 0 Å². The summed E-state index contributed by atoms with van der Waals surface area (Å²) < 4.78 is 6.47. The molecular formula is C18H20ClNO. The van der Waals surface area contributed by atoms with Gasteiger partial charge < -0.3 is 10.1 Å². The minimum Gasteiger partial charge on any atom is -0.356 e. The third-order valence-corrected chi connectivity index (χ3v) is 4.72. The highest BCUT2D eigenvalue weighted by molar-refractivity contribution is 6.31. The fourth-order valence-corrected chi connectivity index (χ4v) is 3.33. The number of rotatable bonds is 3. The van der Waals surface area contributed by atoms with Gasteiger partial charge in [0.15, 0.2) is 6.23 Å². The molecule has 3 heteroatoms. The average molecular weight is 302 g/mol. The van der Waals surface area contributed by atoms with Crippen LogP contribution < -0.4 is 5.32 Å². The molecule has 0 fully saturated rings. The molecule has 0 saturated carbocycles. The molecule has 0 saturated heterocycles. The van der Waals surface area contributed by atoms with Gasteiger partial charge in [0.25, 0.3) is 0 Å². The second kappa shape index (κ2) is 5.70. The maximum Gasteiger partial charge on any atom is 0.156 e. The van der Waals surface area contributed by atoms with E-state index in [1.165, 1.54) is 5.56 Å². The highest BCUT2D eigenvalue weighted by Gasteiger charge is 2.39. The Morgan fingerprint density at radius 1 is 1.05 bits per heavy atom. The van der Waals surface area contributed by atoms with Crippen molar-refractivity contribution in [3.63, 3.8) is 0 Å². The summed E-state index contributed by atoms with van der Waals surface area (Å²) >= 11 is 6.34. The first kappa shape index (κ1) is 14.4. The number of para-hydroxylation sites is 1. The normalized spacial score (nSPS) is 19.7. The van der Waals surface area contributed by atoms with Crippen LogP contribution in [-0.4, -0.2) is 0 Å². The molecule has 1 heterocycles. The van der Waals surface area contributed by atoms with E-state index in [1.807, 2.05) is 24.3 Å². The molecule has 0 amide bonds. The van der Waals surface area contributed by atoms with Gasteiger partial charge in [-0.1, -0.05) is 61.8 Å². The molecule has 110 valence electrons. The molecule has 2 aromatic rings. The first-order valence-electron chi connectivity index (χ1n) is 7.48. The lowest BCUT2D eigenvalue weighted by Gasteiger charge is -2.43. The maximum absolute atomic E-state index is 6.47. The molecule has 2 nitrogen and oxygen atoms in total. The Morgan fingerprint density at radius 2 is 1.71 bits per heavy atom. The summed E-state index contributed by atoms with van der Waals surface area (Å²) in [6.07, 6.45) is 1.65. The zero-order valence-electron chi connectivity index (χ0n) is 12.4. The Kier molecular flexibility index (Phi) is 3.92. The fourth-order valence-electron chi connectivity index (χ4n) is 3.09. The lowest BCUT2D eigenvalue weighted by molar-refractivity contribution is -0.103. The van der Waals surface area contributed by atoms with Gasteiger partial charge in [-0.2, -0.15) is 0 Å². The molecule has 0 bridgehead atoms. The summed E-state index contributed by atoms with van der Waals surface area (Å²) in [5.41, 5.74) is 3.10. The van der Waals surface area contributed by atoms with Crippen molar-refractivity contribution in [2.75, 3.05) is 5.32 Å². The van der Waals surface area contributed by atoms with Gasteiger partial charge in [-0.05, 0) is 25.0 Å². The molecule has 3 rings (SSSR count). The van der Waals surface area contributed by atoms with E-state index in [-0.39, 0.29) is 11.8 Å². The summed E-state index contributed by atoms with van der Waals surface area (Å²) in [5.74, 6) is 0. The summed E-state index contributed by atoms with van der Waals surface area (Å²) in [6.45, 7) is 4.35. The van der Waals surface area contributed by atoms with E-state index in [0.29, 0.717) is 0 Å². The van der Waals surface area contributed by atoms with Gasteiger partial charge in [-0.3, -0.25) is 0 Å². The Balaban J connectivity index is 2.08. The van der Waals surface area contributed by atoms with Gasteiger partial charge in [-0.25, -0.2) is 0 Å². The van der Waals surface area contributed by atoms with Crippen LogP contribution in [0.15, 0.2) is 48.5 Å². The van der Waals surface area contributed by atoms with Gasteiger partial charge in [0, 0.05) is 21.8 Å². The lowest BCUT2D eigenvalue weighted by atomic mass is 9.85. The smallest absolute Gasteiger partial charge is 0.156 e. The summed E-state index contributed by atoms with van der Waals surface area (Å²) in [4.78, 5) is 0. The van der Waals surface area contributed by atoms with Crippen molar-refractivity contribution < 1.29 is 4.74 Å².